The fraction of sp³-hybridized carbons (Fsp3) is 0.217. The Labute approximate surface area is 177 Å². The van der Waals surface area contributed by atoms with E-state index in [0.29, 0.717) is 16.2 Å². The second kappa shape index (κ2) is 8.01. The number of aromatic nitrogens is 2. The Kier molecular flexibility index (Phi) is 5.06. The molecule has 30 heavy (non-hydrogen) atoms. The Morgan fingerprint density at radius 3 is 2.60 bits per heavy atom. The maximum Gasteiger partial charge on any atom is 0.270 e. The number of rotatable bonds is 4. The maximum absolute atomic E-state index is 13.7. The number of anilines is 1. The van der Waals surface area contributed by atoms with Crippen LogP contribution in [0.5, 0.6) is 0 Å². The number of nitrogens with one attached hydrogen (secondary N) is 1. The molecule has 0 atom stereocenters. The van der Waals surface area contributed by atoms with Gasteiger partial charge >= 0.3 is 0 Å². The Morgan fingerprint density at radius 2 is 1.83 bits per heavy atom. The van der Waals surface area contributed by atoms with E-state index in [1.54, 1.807) is 6.07 Å². The van der Waals surface area contributed by atoms with E-state index in [2.05, 4.69) is 39.0 Å². The lowest BCUT2D eigenvalue weighted by Crippen LogP contribution is -2.46. The molecule has 2 aromatic heterocycles. The second-order valence-electron chi connectivity index (χ2n) is 7.48. The number of fused-ring (bicyclic) bond motifs is 1. The number of hydrogen-bond donors (Lipinski definition) is 1. The lowest BCUT2D eigenvalue weighted by molar-refractivity contribution is 0.248. The average Bonchev–Trinajstić information content (AvgIpc) is 3.20. The number of piperazine rings is 1. The largest absolute Gasteiger partial charge is 0.340 e. The number of halogens is 1. The number of hydrogen-bond acceptors (Lipinski definition) is 5. The van der Waals surface area contributed by atoms with Crippen molar-refractivity contribution in [2.24, 2.45) is 0 Å². The lowest BCUT2D eigenvalue weighted by Gasteiger charge is -2.35. The number of H-pyrrole nitrogens is 1. The summed E-state index contributed by atoms with van der Waals surface area (Å²) in [4.78, 5) is 24.9. The van der Waals surface area contributed by atoms with E-state index < -0.39 is 0 Å². The first kappa shape index (κ1) is 19.0. The Hall–Kier alpha value is -3.03. The molecule has 1 saturated heterocycles. The highest BCUT2D eigenvalue weighted by molar-refractivity contribution is 7.17. The van der Waals surface area contributed by atoms with E-state index in [9.17, 15) is 9.18 Å². The number of thiophene rings is 1. The topological polar surface area (TPSA) is 52.2 Å². The summed E-state index contributed by atoms with van der Waals surface area (Å²) >= 11 is 1.34. The third kappa shape index (κ3) is 3.74. The highest BCUT2D eigenvalue weighted by Gasteiger charge is 2.21. The van der Waals surface area contributed by atoms with E-state index in [-0.39, 0.29) is 11.4 Å². The van der Waals surface area contributed by atoms with Crippen molar-refractivity contribution >= 4 is 27.5 Å². The van der Waals surface area contributed by atoms with Crippen molar-refractivity contribution < 1.29 is 4.39 Å². The van der Waals surface area contributed by atoms with Crippen molar-refractivity contribution in [1.82, 2.24) is 14.9 Å². The van der Waals surface area contributed by atoms with Crippen molar-refractivity contribution in [3.8, 4) is 11.1 Å². The van der Waals surface area contributed by atoms with Crippen LogP contribution < -0.4 is 10.5 Å². The zero-order chi connectivity index (χ0) is 20.5. The predicted molar refractivity (Wildman–Crippen MR) is 120 cm³/mol. The summed E-state index contributed by atoms with van der Waals surface area (Å²) in [5, 5.41) is 1.88. The summed E-state index contributed by atoms with van der Waals surface area (Å²) in [7, 11) is 0. The molecule has 3 heterocycles. The second-order valence-corrected chi connectivity index (χ2v) is 8.36. The average molecular weight is 421 g/mol. The van der Waals surface area contributed by atoms with Gasteiger partial charge in [-0.2, -0.15) is 0 Å². The van der Waals surface area contributed by atoms with E-state index in [1.165, 1.54) is 29.0 Å². The SMILES string of the molecule is O=c1[nH]c(N2CCN(Cc3ccccc3)CC2)nc2c(-c3cccc(F)c3)csc12. The molecule has 5 nitrogen and oxygen atoms in total. The van der Waals surface area contributed by atoms with Crippen LogP contribution in [-0.4, -0.2) is 41.0 Å². The fourth-order valence-corrected chi connectivity index (χ4v) is 4.79. The van der Waals surface area contributed by atoms with Gasteiger partial charge in [-0.15, -0.1) is 11.3 Å². The molecule has 7 heteroatoms. The monoisotopic (exact) mass is 420 g/mol. The predicted octanol–water partition coefficient (Wildman–Crippen LogP) is 4.11. The molecule has 0 aliphatic carbocycles. The summed E-state index contributed by atoms with van der Waals surface area (Å²) in [5.74, 6) is 0.286. The minimum absolute atomic E-state index is 0.144. The number of benzene rings is 2. The molecule has 2 aromatic carbocycles. The van der Waals surface area contributed by atoms with Gasteiger partial charge in [-0.3, -0.25) is 14.7 Å². The molecule has 0 bridgehead atoms. The van der Waals surface area contributed by atoms with Gasteiger partial charge in [0.15, 0.2) is 0 Å². The van der Waals surface area contributed by atoms with Crippen molar-refractivity contribution in [2.75, 3.05) is 31.1 Å². The summed E-state index contributed by atoms with van der Waals surface area (Å²) < 4.78 is 14.3. The summed E-state index contributed by atoms with van der Waals surface area (Å²) in [6.45, 7) is 4.31. The molecule has 0 amide bonds. The molecule has 1 N–H and O–H groups in total. The zero-order valence-electron chi connectivity index (χ0n) is 16.3. The molecular formula is C23H21FN4OS. The van der Waals surface area contributed by atoms with E-state index in [0.717, 1.165) is 43.9 Å². The molecule has 1 aliphatic rings. The molecule has 0 saturated carbocycles. The highest BCUT2D eigenvalue weighted by Crippen LogP contribution is 2.32. The minimum atomic E-state index is -0.300. The first-order valence-electron chi connectivity index (χ1n) is 9.96. The lowest BCUT2D eigenvalue weighted by atomic mass is 10.1. The molecule has 0 radical (unpaired) electrons. The normalized spacial score (nSPS) is 15.0. The van der Waals surface area contributed by atoms with Crippen LogP contribution in [0, 0.1) is 5.82 Å². The van der Waals surface area contributed by atoms with Crippen LogP contribution in [-0.2, 0) is 6.54 Å². The van der Waals surface area contributed by atoms with Gasteiger partial charge in [-0.25, -0.2) is 9.37 Å². The molecular weight excluding hydrogens is 399 g/mol. The van der Waals surface area contributed by atoms with Crippen molar-refractivity contribution in [1.29, 1.82) is 0 Å². The van der Waals surface area contributed by atoms with Crippen LogP contribution in [0.3, 0.4) is 0 Å². The van der Waals surface area contributed by atoms with Gasteiger partial charge in [-0.05, 0) is 23.3 Å². The first-order chi connectivity index (χ1) is 14.7. The van der Waals surface area contributed by atoms with Crippen molar-refractivity contribution in [3.63, 3.8) is 0 Å². The standard InChI is InChI=1S/C23H21FN4OS/c24-18-8-4-7-17(13-18)19-15-30-21-20(19)25-23(26-22(21)29)28-11-9-27(10-12-28)14-16-5-2-1-3-6-16/h1-8,13,15H,9-12,14H2,(H,25,26,29). The quantitative estimate of drug-likeness (QED) is 0.540. The van der Waals surface area contributed by atoms with Gasteiger partial charge in [-0.1, -0.05) is 42.5 Å². The van der Waals surface area contributed by atoms with E-state index in [1.807, 2.05) is 17.5 Å². The third-order valence-electron chi connectivity index (χ3n) is 5.47. The van der Waals surface area contributed by atoms with Crippen LogP contribution in [0.2, 0.25) is 0 Å². The van der Waals surface area contributed by atoms with Crippen LogP contribution in [0.25, 0.3) is 21.3 Å². The molecule has 152 valence electrons. The fourth-order valence-electron chi connectivity index (χ4n) is 3.89. The molecule has 1 aliphatic heterocycles. The third-order valence-corrected chi connectivity index (χ3v) is 6.44. The Balaban J connectivity index is 1.39. The zero-order valence-corrected chi connectivity index (χ0v) is 17.2. The summed E-state index contributed by atoms with van der Waals surface area (Å²) in [6, 6.07) is 16.9. The van der Waals surface area contributed by atoms with Gasteiger partial charge in [0.25, 0.3) is 5.56 Å². The molecule has 0 spiro atoms. The summed E-state index contributed by atoms with van der Waals surface area (Å²) in [5.41, 5.74) is 3.32. The minimum Gasteiger partial charge on any atom is -0.340 e. The molecule has 1 fully saturated rings. The van der Waals surface area contributed by atoms with Crippen LogP contribution in [0.1, 0.15) is 5.56 Å². The number of aromatic amines is 1. The Morgan fingerprint density at radius 1 is 1.03 bits per heavy atom. The van der Waals surface area contributed by atoms with Crippen LogP contribution in [0.15, 0.2) is 64.8 Å². The van der Waals surface area contributed by atoms with E-state index >= 15 is 0 Å². The van der Waals surface area contributed by atoms with Gasteiger partial charge < -0.3 is 4.90 Å². The first-order valence-corrected chi connectivity index (χ1v) is 10.8. The van der Waals surface area contributed by atoms with Gasteiger partial charge in [0, 0.05) is 43.7 Å². The van der Waals surface area contributed by atoms with Gasteiger partial charge in [0.05, 0.1) is 5.52 Å². The van der Waals surface area contributed by atoms with Gasteiger partial charge in [0.2, 0.25) is 5.95 Å². The highest BCUT2D eigenvalue weighted by atomic mass is 32.1. The van der Waals surface area contributed by atoms with Crippen molar-refractivity contribution in [3.05, 3.63) is 81.7 Å². The maximum atomic E-state index is 13.7. The van der Waals surface area contributed by atoms with Crippen molar-refractivity contribution in [2.45, 2.75) is 6.54 Å². The smallest absolute Gasteiger partial charge is 0.270 e. The van der Waals surface area contributed by atoms with Crippen LogP contribution >= 0.6 is 11.3 Å². The van der Waals surface area contributed by atoms with Crippen LogP contribution in [0.4, 0.5) is 10.3 Å². The number of nitrogens with zero attached hydrogens (tertiary/aromatic N) is 3. The molecule has 0 unspecified atom stereocenters. The Bertz CT molecular complexity index is 1230. The van der Waals surface area contributed by atoms with Gasteiger partial charge in [0.1, 0.15) is 10.5 Å². The molecule has 5 rings (SSSR count). The van der Waals surface area contributed by atoms with E-state index in [4.69, 9.17) is 4.98 Å². The summed E-state index contributed by atoms with van der Waals surface area (Å²) in [6.07, 6.45) is 0. The molecule has 4 aromatic rings.